The van der Waals surface area contributed by atoms with Crippen molar-refractivity contribution in [2.45, 2.75) is 38.1 Å². The highest BCUT2D eigenvalue weighted by Crippen LogP contribution is 2.26. The summed E-state index contributed by atoms with van der Waals surface area (Å²) in [5, 5.41) is 3.42. The molecule has 4 heteroatoms. The number of amides is 1. The van der Waals surface area contributed by atoms with Gasteiger partial charge in [-0.2, -0.15) is 0 Å². The summed E-state index contributed by atoms with van der Waals surface area (Å²) in [6.45, 7) is 5.34. The Morgan fingerprint density at radius 3 is 2.94 bits per heavy atom. The molecule has 2 aliphatic heterocycles. The lowest BCUT2D eigenvalue weighted by Crippen LogP contribution is -2.55. The molecule has 1 atom stereocenters. The van der Waals surface area contributed by atoms with Gasteiger partial charge in [0.05, 0.1) is 12.1 Å². The molecular formula is C14H24N2O2. The minimum atomic E-state index is -0.285. The Labute approximate surface area is 109 Å². The molecule has 2 aliphatic rings. The summed E-state index contributed by atoms with van der Waals surface area (Å²) in [6.07, 6.45) is 6.06. The third-order valence-corrected chi connectivity index (χ3v) is 4.18. The van der Waals surface area contributed by atoms with Crippen molar-refractivity contribution in [2.24, 2.45) is 0 Å². The van der Waals surface area contributed by atoms with Gasteiger partial charge < -0.3 is 15.0 Å². The maximum atomic E-state index is 12.6. The van der Waals surface area contributed by atoms with Crippen LogP contribution in [0.2, 0.25) is 0 Å². The smallest absolute Gasteiger partial charge is 0.243 e. The maximum Gasteiger partial charge on any atom is 0.243 e. The van der Waals surface area contributed by atoms with Crippen molar-refractivity contribution in [3.8, 4) is 0 Å². The van der Waals surface area contributed by atoms with E-state index >= 15 is 0 Å². The van der Waals surface area contributed by atoms with Crippen molar-refractivity contribution in [3.05, 3.63) is 11.6 Å². The van der Waals surface area contributed by atoms with Gasteiger partial charge in [-0.25, -0.2) is 0 Å². The molecule has 0 saturated carbocycles. The van der Waals surface area contributed by atoms with E-state index in [1.54, 1.807) is 7.11 Å². The number of carbonyl (C=O) groups is 1. The lowest BCUT2D eigenvalue weighted by Gasteiger charge is -2.35. The molecule has 1 unspecified atom stereocenters. The van der Waals surface area contributed by atoms with E-state index in [1.165, 1.54) is 5.57 Å². The molecule has 1 saturated heterocycles. The van der Waals surface area contributed by atoms with Gasteiger partial charge in [-0.05, 0) is 37.8 Å². The number of hydrogen-bond donors (Lipinski definition) is 1. The maximum absolute atomic E-state index is 12.6. The number of rotatable bonds is 4. The Bertz CT molecular complexity index is 333. The van der Waals surface area contributed by atoms with Crippen molar-refractivity contribution in [2.75, 3.05) is 33.4 Å². The summed E-state index contributed by atoms with van der Waals surface area (Å²) < 4.78 is 5.13. The van der Waals surface area contributed by atoms with Gasteiger partial charge in [0, 0.05) is 20.2 Å². The van der Waals surface area contributed by atoms with E-state index in [0.29, 0.717) is 6.61 Å². The summed E-state index contributed by atoms with van der Waals surface area (Å²) in [7, 11) is 1.72. The fraction of sp³-hybridized carbons (Fsp3) is 0.786. The van der Waals surface area contributed by atoms with Crippen LogP contribution < -0.4 is 5.32 Å². The molecule has 0 aliphatic carbocycles. The number of methoxy groups -OCH3 is 1. The first-order valence-electron chi connectivity index (χ1n) is 6.93. The second kappa shape index (κ2) is 5.85. The number of hydrogen-bond acceptors (Lipinski definition) is 3. The third-order valence-electron chi connectivity index (χ3n) is 4.18. The molecule has 2 heterocycles. The summed E-state index contributed by atoms with van der Waals surface area (Å²) in [5.41, 5.74) is 1.03. The monoisotopic (exact) mass is 252 g/mol. The van der Waals surface area contributed by atoms with Gasteiger partial charge in [0.15, 0.2) is 0 Å². The van der Waals surface area contributed by atoms with E-state index in [9.17, 15) is 4.79 Å². The van der Waals surface area contributed by atoms with Crippen LogP contribution in [-0.4, -0.2) is 49.7 Å². The summed E-state index contributed by atoms with van der Waals surface area (Å²) in [4.78, 5) is 14.6. The van der Waals surface area contributed by atoms with Gasteiger partial charge in [0.25, 0.3) is 0 Å². The average Bonchev–Trinajstić information content (AvgIpc) is 2.89. The van der Waals surface area contributed by atoms with E-state index in [0.717, 1.165) is 45.3 Å². The summed E-state index contributed by atoms with van der Waals surface area (Å²) in [5.74, 6) is 0.287. The molecule has 0 aromatic carbocycles. The van der Waals surface area contributed by atoms with E-state index < -0.39 is 0 Å². The SMILES string of the molecule is CCC1(C(=O)N2CC=C(COC)CC2)CCCN1. The van der Waals surface area contributed by atoms with Gasteiger partial charge in [-0.1, -0.05) is 13.0 Å². The third kappa shape index (κ3) is 2.59. The molecule has 1 fully saturated rings. The molecular weight excluding hydrogens is 228 g/mol. The number of ether oxygens (including phenoxy) is 1. The first kappa shape index (κ1) is 13.6. The van der Waals surface area contributed by atoms with E-state index in [2.05, 4.69) is 18.3 Å². The number of carbonyl (C=O) groups excluding carboxylic acids is 1. The Morgan fingerprint density at radius 2 is 2.44 bits per heavy atom. The molecule has 2 rings (SSSR count). The molecule has 18 heavy (non-hydrogen) atoms. The molecule has 0 radical (unpaired) electrons. The standard InChI is InChI=1S/C14H24N2O2/c1-3-14(7-4-8-15-14)13(17)16-9-5-12(6-10-16)11-18-2/h5,15H,3-4,6-11H2,1-2H3. The van der Waals surface area contributed by atoms with Crippen molar-refractivity contribution < 1.29 is 9.53 Å². The Hall–Kier alpha value is -0.870. The second-order valence-electron chi connectivity index (χ2n) is 5.26. The molecule has 0 spiro atoms. The highest BCUT2D eigenvalue weighted by atomic mass is 16.5. The highest BCUT2D eigenvalue weighted by molar-refractivity contribution is 5.87. The second-order valence-corrected chi connectivity index (χ2v) is 5.26. The highest BCUT2D eigenvalue weighted by Gasteiger charge is 2.41. The van der Waals surface area contributed by atoms with Gasteiger partial charge in [0.2, 0.25) is 5.91 Å². The predicted octanol–water partition coefficient (Wildman–Crippen LogP) is 1.32. The average molecular weight is 252 g/mol. The molecule has 0 aromatic rings. The minimum Gasteiger partial charge on any atom is -0.380 e. The van der Waals surface area contributed by atoms with Crippen LogP contribution in [-0.2, 0) is 9.53 Å². The van der Waals surface area contributed by atoms with Gasteiger partial charge in [0.1, 0.15) is 0 Å². The van der Waals surface area contributed by atoms with Crippen LogP contribution in [0.15, 0.2) is 11.6 Å². The Morgan fingerprint density at radius 1 is 1.61 bits per heavy atom. The fourth-order valence-electron chi connectivity index (χ4n) is 2.96. The van der Waals surface area contributed by atoms with E-state index in [4.69, 9.17) is 4.74 Å². The number of nitrogens with one attached hydrogen (secondary N) is 1. The van der Waals surface area contributed by atoms with E-state index in [1.807, 2.05) is 4.90 Å². The lowest BCUT2D eigenvalue weighted by atomic mass is 9.91. The molecule has 1 N–H and O–H groups in total. The van der Waals surface area contributed by atoms with Crippen molar-refractivity contribution >= 4 is 5.91 Å². The molecule has 0 aromatic heterocycles. The lowest BCUT2D eigenvalue weighted by molar-refractivity contribution is -0.137. The van der Waals surface area contributed by atoms with Gasteiger partial charge in [-0.15, -0.1) is 0 Å². The van der Waals surface area contributed by atoms with Crippen molar-refractivity contribution in [1.29, 1.82) is 0 Å². The molecule has 4 nitrogen and oxygen atoms in total. The van der Waals surface area contributed by atoms with Crippen LogP contribution in [0.4, 0.5) is 0 Å². The first-order valence-corrected chi connectivity index (χ1v) is 6.93. The van der Waals surface area contributed by atoms with Crippen LogP contribution in [0.25, 0.3) is 0 Å². The molecule has 0 bridgehead atoms. The van der Waals surface area contributed by atoms with Crippen LogP contribution in [0.3, 0.4) is 0 Å². The Kier molecular flexibility index (Phi) is 4.40. The van der Waals surface area contributed by atoms with Crippen LogP contribution in [0.5, 0.6) is 0 Å². The van der Waals surface area contributed by atoms with Crippen molar-refractivity contribution in [3.63, 3.8) is 0 Å². The van der Waals surface area contributed by atoms with E-state index in [-0.39, 0.29) is 11.4 Å². The first-order chi connectivity index (χ1) is 8.72. The Balaban J connectivity index is 1.98. The quantitative estimate of drug-likeness (QED) is 0.767. The topological polar surface area (TPSA) is 41.6 Å². The number of nitrogens with zero attached hydrogens (tertiary/aromatic N) is 1. The zero-order valence-corrected chi connectivity index (χ0v) is 11.5. The largest absolute Gasteiger partial charge is 0.380 e. The summed E-state index contributed by atoms with van der Waals surface area (Å²) >= 11 is 0. The summed E-state index contributed by atoms with van der Waals surface area (Å²) in [6, 6.07) is 0. The normalized spacial score (nSPS) is 28.3. The molecule has 1 amide bonds. The van der Waals surface area contributed by atoms with Crippen molar-refractivity contribution in [1.82, 2.24) is 10.2 Å². The zero-order chi connectivity index (χ0) is 13.0. The van der Waals surface area contributed by atoms with Gasteiger partial charge >= 0.3 is 0 Å². The van der Waals surface area contributed by atoms with Crippen LogP contribution in [0.1, 0.15) is 32.6 Å². The zero-order valence-electron chi connectivity index (χ0n) is 11.5. The molecule has 102 valence electrons. The van der Waals surface area contributed by atoms with Gasteiger partial charge in [-0.3, -0.25) is 4.79 Å². The predicted molar refractivity (Wildman–Crippen MR) is 71.4 cm³/mol. The van der Waals surface area contributed by atoms with Crippen LogP contribution >= 0.6 is 0 Å². The fourth-order valence-corrected chi connectivity index (χ4v) is 2.96. The minimum absolute atomic E-state index is 0.285. The van der Waals surface area contributed by atoms with Crippen LogP contribution in [0, 0.1) is 0 Å².